The van der Waals surface area contributed by atoms with E-state index < -0.39 is 0 Å². The van der Waals surface area contributed by atoms with Crippen molar-refractivity contribution >= 4 is 70.7 Å². The third-order valence-corrected chi connectivity index (χ3v) is 5.48. The van der Waals surface area contributed by atoms with Gasteiger partial charge in [-0.2, -0.15) is 4.98 Å². The fraction of sp³-hybridized carbons (Fsp3) is 0.200. The first-order valence-corrected chi connectivity index (χ1v) is 10.9. The van der Waals surface area contributed by atoms with Crippen LogP contribution in [0.1, 0.15) is 34.5 Å². The molecule has 0 fully saturated rings. The van der Waals surface area contributed by atoms with Crippen molar-refractivity contribution in [2.24, 2.45) is 0 Å². The molecule has 0 bridgehead atoms. The lowest BCUT2D eigenvalue weighted by Gasteiger charge is -2.19. The number of pyridine rings is 1. The lowest BCUT2D eigenvalue weighted by atomic mass is 10.1. The number of halogens is 3. The van der Waals surface area contributed by atoms with E-state index in [9.17, 15) is 4.79 Å². The Morgan fingerprint density at radius 3 is 2.34 bits per heavy atom. The molecule has 2 aromatic heterocycles. The van der Waals surface area contributed by atoms with Gasteiger partial charge in [-0.3, -0.25) is 4.79 Å². The number of fused-ring (bicyclic) bond motifs is 1. The van der Waals surface area contributed by atoms with Crippen LogP contribution in [0.2, 0.25) is 5.15 Å². The van der Waals surface area contributed by atoms with Crippen LogP contribution in [-0.4, -0.2) is 35.0 Å². The highest BCUT2D eigenvalue weighted by Gasteiger charge is 2.13. The summed E-state index contributed by atoms with van der Waals surface area (Å²) >= 11 is 5.79. The summed E-state index contributed by atoms with van der Waals surface area (Å²) in [5, 5.41) is 7.72. The smallest absolute Gasteiger partial charge is 0.257 e. The van der Waals surface area contributed by atoms with E-state index in [1.807, 2.05) is 49.3 Å². The summed E-state index contributed by atoms with van der Waals surface area (Å²) in [5.41, 5.74) is 4.26. The fourth-order valence-corrected chi connectivity index (χ4v) is 3.51. The highest BCUT2D eigenvalue weighted by molar-refractivity contribution is 6.29. The first kappa shape index (κ1) is 28.1. The fourth-order valence-electron chi connectivity index (χ4n) is 3.39. The van der Waals surface area contributed by atoms with E-state index in [-0.39, 0.29) is 36.8 Å². The van der Waals surface area contributed by atoms with Crippen LogP contribution in [0.5, 0.6) is 0 Å². The zero-order chi connectivity index (χ0) is 23.5. The molecule has 10 heteroatoms. The third kappa shape index (κ3) is 6.72. The Hall–Kier alpha value is -3.13. The summed E-state index contributed by atoms with van der Waals surface area (Å²) in [7, 11) is 3.86. The van der Waals surface area contributed by atoms with Gasteiger partial charge in [-0.15, -0.1) is 24.8 Å². The Morgan fingerprint density at radius 2 is 1.71 bits per heavy atom. The molecule has 2 aromatic carbocycles. The summed E-state index contributed by atoms with van der Waals surface area (Å²) in [5.74, 6) is 1.19. The molecule has 2 N–H and O–H groups in total. The van der Waals surface area contributed by atoms with Gasteiger partial charge in [0.1, 0.15) is 11.0 Å². The number of nitrogens with zero attached hydrogens (tertiary/aromatic N) is 4. The molecule has 7 nitrogen and oxygen atoms in total. The maximum Gasteiger partial charge on any atom is 0.257 e. The number of nitrogens with one attached hydrogen (secondary N) is 2. The van der Waals surface area contributed by atoms with Gasteiger partial charge in [0.05, 0.1) is 11.1 Å². The minimum absolute atomic E-state index is 0. The third-order valence-electron chi connectivity index (χ3n) is 5.25. The van der Waals surface area contributed by atoms with Gasteiger partial charge >= 0.3 is 0 Å². The zero-order valence-corrected chi connectivity index (χ0v) is 22.1. The molecule has 0 saturated carbocycles. The molecule has 35 heavy (non-hydrogen) atoms. The summed E-state index contributed by atoms with van der Waals surface area (Å²) < 4.78 is 0. The van der Waals surface area contributed by atoms with E-state index in [0.717, 1.165) is 27.8 Å². The number of rotatable bonds is 6. The number of hydrogen-bond donors (Lipinski definition) is 2. The molecule has 0 spiro atoms. The van der Waals surface area contributed by atoms with Gasteiger partial charge < -0.3 is 15.5 Å². The predicted molar refractivity (Wildman–Crippen MR) is 149 cm³/mol. The van der Waals surface area contributed by atoms with Gasteiger partial charge in [-0.05, 0) is 61.4 Å². The van der Waals surface area contributed by atoms with Crippen LogP contribution >= 0.6 is 36.4 Å². The average molecular weight is 534 g/mol. The van der Waals surface area contributed by atoms with Crippen molar-refractivity contribution in [3.05, 3.63) is 82.6 Å². The first-order valence-electron chi connectivity index (χ1n) is 10.6. The highest BCUT2D eigenvalue weighted by Crippen LogP contribution is 2.28. The molecule has 184 valence electrons. The normalized spacial score (nSPS) is 11.1. The second-order valence-corrected chi connectivity index (χ2v) is 8.49. The molecule has 2 heterocycles. The molecule has 1 atom stereocenters. The number of hydrogen-bond acceptors (Lipinski definition) is 6. The van der Waals surface area contributed by atoms with Crippen LogP contribution < -0.4 is 15.5 Å². The van der Waals surface area contributed by atoms with Crippen LogP contribution in [0.25, 0.3) is 10.9 Å². The van der Waals surface area contributed by atoms with Crippen molar-refractivity contribution in [3.8, 4) is 0 Å². The van der Waals surface area contributed by atoms with Gasteiger partial charge in [0.2, 0.25) is 5.95 Å². The average Bonchev–Trinajstić information content (AvgIpc) is 2.79. The lowest BCUT2D eigenvalue weighted by molar-refractivity contribution is 0.102. The number of amides is 1. The molecule has 1 amide bonds. The number of carbonyl (C=O) groups is 1. The number of carbonyl (C=O) groups excluding carboxylic acids is 1. The summed E-state index contributed by atoms with van der Waals surface area (Å²) in [6.07, 6.45) is 1.45. The quantitative estimate of drug-likeness (QED) is 0.282. The molecule has 4 rings (SSSR count). The Labute approximate surface area is 222 Å². The number of anilines is 3. The molecular weight excluding hydrogens is 507 g/mol. The molecular formula is C25H27Cl3N6O. The van der Waals surface area contributed by atoms with Crippen molar-refractivity contribution in [3.63, 3.8) is 0 Å². The monoisotopic (exact) mass is 532 g/mol. The second kappa shape index (κ2) is 12.0. The molecule has 0 aliphatic carbocycles. The second-order valence-electron chi connectivity index (χ2n) is 8.10. The van der Waals surface area contributed by atoms with Crippen LogP contribution in [0, 0.1) is 6.92 Å². The summed E-state index contributed by atoms with van der Waals surface area (Å²) in [6, 6.07) is 17.1. The Kier molecular flexibility index (Phi) is 9.65. The predicted octanol–water partition coefficient (Wildman–Crippen LogP) is 6.32. The van der Waals surface area contributed by atoms with Crippen molar-refractivity contribution in [1.29, 1.82) is 0 Å². The Bertz CT molecular complexity index is 1300. The summed E-state index contributed by atoms with van der Waals surface area (Å²) in [4.78, 5) is 27.6. The number of aromatic nitrogens is 3. The molecule has 0 aliphatic heterocycles. The van der Waals surface area contributed by atoms with E-state index in [4.69, 9.17) is 16.6 Å². The minimum atomic E-state index is -0.239. The van der Waals surface area contributed by atoms with Crippen LogP contribution in [-0.2, 0) is 0 Å². The number of benzene rings is 2. The zero-order valence-electron chi connectivity index (χ0n) is 19.7. The van der Waals surface area contributed by atoms with Gasteiger partial charge in [0, 0.05) is 37.4 Å². The maximum atomic E-state index is 12.4. The standard InChI is InChI=1S/C25H25ClN6O.2ClH/c1-15-5-11-20-21(13-15)30-25(32(3)4)31-23(20)28-16(2)17-6-9-19(10-7-17)29-24(33)18-8-12-22(26)27-14-18;;/h5-14,16H,1-4H3,(H,29,33)(H,28,30,31);2*1H/t16-;;/m1../s1. The van der Waals surface area contributed by atoms with Crippen LogP contribution in [0.4, 0.5) is 17.5 Å². The largest absolute Gasteiger partial charge is 0.363 e. The molecule has 4 aromatic rings. The van der Waals surface area contributed by atoms with Gasteiger partial charge in [0.25, 0.3) is 5.91 Å². The minimum Gasteiger partial charge on any atom is -0.363 e. The van der Waals surface area contributed by atoms with E-state index in [1.165, 1.54) is 6.20 Å². The summed E-state index contributed by atoms with van der Waals surface area (Å²) in [6.45, 7) is 4.13. The van der Waals surface area contributed by atoms with Gasteiger partial charge in [-0.25, -0.2) is 9.97 Å². The maximum absolute atomic E-state index is 12.4. The van der Waals surface area contributed by atoms with Crippen molar-refractivity contribution in [2.75, 3.05) is 29.6 Å². The van der Waals surface area contributed by atoms with E-state index in [2.05, 4.69) is 46.6 Å². The molecule has 0 aliphatic rings. The van der Waals surface area contributed by atoms with Gasteiger partial charge in [-0.1, -0.05) is 29.8 Å². The van der Waals surface area contributed by atoms with Crippen LogP contribution in [0.3, 0.4) is 0 Å². The molecule has 0 radical (unpaired) electrons. The van der Waals surface area contributed by atoms with Crippen molar-refractivity contribution in [2.45, 2.75) is 19.9 Å². The number of aryl methyl sites for hydroxylation is 1. The van der Waals surface area contributed by atoms with E-state index in [1.54, 1.807) is 12.1 Å². The van der Waals surface area contributed by atoms with Crippen LogP contribution in [0.15, 0.2) is 60.8 Å². The topological polar surface area (TPSA) is 83.0 Å². The first-order chi connectivity index (χ1) is 15.8. The Balaban J connectivity index is 0.00000216. The van der Waals surface area contributed by atoms with Gasteiger partial charge in [0.15, 0.2) is 0 Å². The van der Waals surface area contributed by atoms with Crippen molar-refractivity contribution < 1.29 is 4.79 Å². The van der Waals surface area contributed by atoms with Crippen molar-refractivity contribution in [1.82, 2.24) is 15.0 Å². The SMILES string of the molecule is Cc1ccc2c(N[C@H](C)c3ccc(NC(=O)c4ccc(Cl)nc4)cc3)nc(N(C)C)nc2c1.Cl.Cl. The highest BCUT2D eigenvalue weighted by atomic mass is 35.5. The lowest BCUT2D eigenvalue weighted by Crippen LogP contribution is -2.16. The van der Waals surface area contributed by atoms with E-state index in [0.29, 0.717) is 22.4 Å². The molecule has 0 unspecified atom stereocenters. The molecule has 0 saturated heterocycles. The Morgan fingerprint density at radius 1 is 1.00 bits per heavy atom. The van der Waals surface area contributed by atoms with E-state index >= 15 is 0 Å².